The summed E-state index contributed by atoms with van der Waals surface area (Å²) in [7, 11) is 0. The highest BCUT2D eigenvalue weighted by Crippen LogP contribution is 2.30. The van der Waals surface area contributed by atoms with E-state index in [0.29, 0.717) is 23.4 Å². The molecule has 0 aliphatic carbocycles. The van der Waals surface area contributed by atoms with E-state index in [-0.39, 0.29) is 24.1 Å². The highest BCUT2D eigenvalue weighted by atomic mass is 19.4. The van der Waals surface area contributed by atoms with Gasteiger partial charge in [0.2, 0.25) is 5.95 Å². The quantitative estimate of drug-likeness (QED) is 0.441. The summed E-state index contributed by atoms with van der Waals surface area (Å²) >= 11 is 0. The lowest BCUT2D eigenvalue weighted by molar-refractivity contribution is -0.165. The Bertz CT molecular complexity index is 1160. The number of rotatable bonds is 8. The Balaban J connectivity index is 1.78. The van der Waals surface area contributed by atoms with Crippen molar-refractivity contribution in [1.82, 2.24) is 19.7 Å². The molecule has 3 aromatic rings. The summed E-state index contributed by atoms with van der Waals surface area (Å²) in [5.41, 5.74) is 3.00. The van der Waals surface area contributed by atoms with Crippen LogP contribution in [0.25, 0.3) is 11.3 Å². The monoisotopic (exact) mass is 456 g/mol. The van der Waals surface area contributed by atoms with Crippen molar-refractivity contribution in [2.24, 2.45) is 5.92 Å². The van der Waals surface area contributed by atoms with Gasteiger partial charge in [-0.1, -0.05) is 31.2 Å². The van der Waals surface area contributed by atoms with Crippen LogP contribution in [0.4, 0.5) is 24.8 Å². The number of aromatic nitrogens is 4. The van der Waals surface area contributed by atoms with Gasteiger partial charge in [0.05, 0.1) is 29.6 Å². The Morgan fingerprint density at radius 3 is 2.55 bits per heavy atom. The second-order valence-corrected chi connectivity index (χ2v) is 7.72. The number of hydrogen-bond donors (Lipinski definition) is 1. The third-order valence-electron chi connectivity index (χ3n) is 5.29. The normalized spacial score (nSPS) is 13.2. The second kappa shape index (κ2) is 9.81. The van der Waals surface area contributed by atoms with Gasteiger partial charge in [-0.25, -0.2) is 9.97 Å². The smallest absolute Gasteiger partial charge is 0.321 e. The third kappa shape index (κ3) is 5.74. The fraction of sp³-hybridized carbons (Fsp3) is 0.348. The van der Waals surface area contributed by atoms with E-state index >= 15 is 0 Å². The zero-order valence-corrected chi connectivity index (χ0v) is 18.4. The molecule has 0 aliphatic rings. The van der Waals surface area contributed by atoms with E-state index in [9.17, 15) is 18.0 Å². The van der Waals surface area contributed by atoms with Crippen molar-refractivity contribution >= 4 is 17.4 Å². The molecule has 7 nitrogen and oxygen atoms in total. The summed E-state index contributed by atoms with van der Waals surface area (Å²) in [6.45, 7) is 4.73. The molecule has 2 aromatic heterocycles. The Morgan fingerprint density at radius 2 is 1.94 bits per heavy atom. The van der Waals surface area contributed by atoms with Crippen molar-refractivity contribution in [3.8, 4) is 17.3 Å². The maximum absolute atomic E-state index is 12.9. The predicted octanol–water partition coefficient (Wildman–Crippen LogP) is 5.64. The zero-order valence-electron chi connectivity index (χ0n) is 18.4. The lowest BCUT2D eigenvalue weighted by atomic mass is 9.96. The van der Waals surface area contributed by atoms with Crippen molar-refractivity contribution in [3.05, 3.63) is 54.0 Å². The highest BCUT2D eigenvalue weighted by Gasteiger charge is 2.38. The zero-order chi connectivity index (χ0) is 24.2. The SMILES string of the molecule is CC[C@@H](C#N)CC(=O)c1ccc(-c2nc(Nc3cnn([C@H](C)C(F)(F)F)c3)ncc2C)cc1. The van der Waals surface area contributed by atoms with Crippen LogP contribution in [0.15, 0.2) is 42.9 Å². The molecule has 33 heavy (non-hydrogen) atoms. The average Bonchev–Trinajstić information content (AvgIpc) is 3.25. The number of Topliss-reactive ketones (excluding diaryl/α,β-unsaturated/α-hetero) is 1. The number of carbonyl (C=O) groups excluding carboxylic acids is 1. The van der Waals surface area contributed by atoms with Crippen molar-refractivity contribution in [1.29, 1.82) is 5.26 Å². The predicted molar refractivity (Wildman–Crippen MR) is 117 cm³/mol. The van der Waals surface area contributed by atoms with Crippen LogP contribution in [0.1, 0.15) is 48.7 Å². The van der Waals surface area contributed by atoms with E-state index in [1.54, 1.807) is 30.5 Å². The Morgan fingerprint density at radius 1 is 1.24 bits per heavy atom. The van der Waals surface area contributed by atoms with Crippen molar-refractivity contribution in [2.45, 2.75) is 45.8 Å². The van der Waals surface area contributed by atoms with Crippen LogP contribution in [-0.4, -0.2) is 31.7 Å². The Hall–Kier alpha value is -3.74. The van der Waals surface area contributed by atoms with Crippen molar-refractivity contribution in [2.75, 3.05) is 5.32 Å². The van der Waals surface area contributed by atoms with Gasteiger partial charge in [0.25, 0.3) is 0 Å². The van der Waals surface area contributed by atoms with Gasteiger partial charge < -0.3 is 5.32 Å². The van der Waals surface area contributed by atoms with Gasteiger partial charge in [-0.3, -0.25) is 9.48 Å². The van der Waals surface area contributed by atoms with E-state index < -0.39 is 12.2 Å². The molecule has 0 unspecified atom stereocenters. The van der Waals surface area contributed by atoms with Crippen LogP contribution in [0.3, 0.4) is 0 Å². The van der Waals surface area contributed by atoms with E-state index in [1.165, 1.54) is 12.4 Å². The van der Waals surface area contributed by atoms with Gasteiger partial charge in [-0.05, 0) is 25.8 Å². The van der Waals surface area contributed by atoms with E-state index in [1.807, 2.05) is 13.8 Å². The van der Waals surface area contributed by atoms with Crippen LogP contribution in [0.2, 0.25) is 0 Å². The highest BCUT2D eigenvalue weighted by molar-refractivity contribution is 5.96. The maximum atomic E-state index is 12.9. The van der Waals surface area contributed by atoms with Crippen molar-refractivity contribution in [3.63, 3.8) is 0 Å². The van der Waals surface area contributed by atoms with Gasteiger partial charge in [0.15, 0.2) is 5.78 Å². The number of halogens is 3. The Kier molecular flexibility index (Phi) is 7.11. The fourth-order valence-corrected chi connectivity index (χ4v) is 3.12. The molecule has 1 aromatic carbocycles. The third-order valence-corrected chi connectivity index (χ3v) is 5.29. The lowest BCUT2D eigenvalue weighted by Crippen LogP contribution is -2.23. The summed E-state index contributed by atoms with van der Waals surface area (Å²) in [5.74, 6) is -0.199. The van der Waals surface area contributed by atoms with Gasteiger partial charge in [0.1, 0.15) is 6.04 Å². The largest absolute Gasteiger partial charge is 0.410 e. The Labute approximate surface area is 189 Å². The molecule has 0 saturated heterocycles. The van der Waals surface area contributed by atoms with Gasteiger partial charge in [-0.2, -0.15) is 23.5 Å². The second-order valence-electron chi connectivity index (χ2n) is 7.72. The first kappa shape index (κ1) is 23.9. The van der Waals surface area contributed by atoms with Crippen LogP contribution in [0.5, 0.6) is 0 Å². The van der Waals surface area contributed by atoms with Crippen LogP contribution in [-0.2, 0) is 0 Å². The first-order chi connectivity index (χ1) is 15.6. The molecule has 172 valence electrons. The molecule has 2 atom stereocenters. The number of ketones is 1. The molecule has 0 spiro atoms. The molecule has 2 heterocycles. The maximum Gasteiger partial charge on any atom is 0.410 e. The number of nitrogens with one attached hydrogen (secondary N) is 1. The number of carbonyl (C=O) groups is 1. The lowest BCUT2D eigenvalue weighted by Gasteiger charge is -2.15. The summed E-state index contributed by atoms with van der Waals surface area (Å²) in [6.07, 6.45) is 0.502. The number of aryl methyl sites for hydroxylation is 1. The molecule has 0 bridgehead atoms. The molecular formula is C23H23F3N6O. The molecular weight excluding hydrogens is 433 g/mol. The molecule has 0 radical (unpaired) electrons. The van der Waals surface area contributed by atoms with E-state index in [4.69, 9.17) is 5.26 Å². The summed E-state index contributed by atoms with van der Waals surface area (Å²) < 4.78 is 39.5. The first-order valence-corrected chi connectivity index (χ1v) is 10.4. The first-order valence-electron chi connectivity index (χ1n) is 10.4. The molecule has 1 N–H and O–H groups in total. The summed E-state index contributed by atoms with van der Waals surface area (Å²) in [4.78, 5) is 21.1. The van der Waals surface area contributed by atoms with Gasteiger partial charge in [-0.15, -0.1) is 0 Å². The number of alkyl halides is 3. The summed E-state index contributed by atoms with van der Waals surface area (Å²) in [6, 6.07) is 7.29. The minimum atomic E-state index is -4.41. The van der Waals surface area contributed by atoms with Crippen LogP contribution in [0, 0.1) is 24.2 Å². The van der Waals surface area contributed by atoms with Gasteiger partial charge >= 0.3 is 6.18 Å². The van der Waals surface area contributed by atoms with E-state index in [2.05, 4.69) is 26.5 Å². The number of hydrogen-bond acceptors (Lipinski definition) is 6. The van der Waals surface area contributed by atoms with Gasteiger partial charge in [0, 0.05) is 29.9 Å². The number of benzene rings is 1. The molecule has 0 fully saturated rings. The fourth-order valence-electron chi connectivity index (χ4n) is 3.12. The molecule has 10 heteroatoms. The standard InChI is InChI=1S/C23H23F3N6O/c1-4-16(10-27)9-20(33)17-5-7-18(8-6-17)21-14(2)11-28-22(31-21)30-19-12-29-32(13-19)15(3)23(24,25)26/h5-8,11-13,15-16H,4,9H2,1-3H3,(H,28,30,31)/t15-,16-/m1/s1. The van der Waals surface area contributed by atoms with E-state index in [0.717, 1.165) is 22.7 Å². The number of nitriles is 1. The molecule has 3 rings (SSSR count). The minimum absolute atomic E-state index is 0.0955. The minimum Gasteiger partial charge on any atom is -0.321 e. The topological polar surface area (TPSA) is 96.5 Å². The number of anilines is 2. The van der Waals surface area contributed by atoms with Crippen LogP contribution < -0.4 is 5.32 Å². The molecule has 0 saturated carbocycles. The number of nitrogens with zero attached hydrogens (tertiary/aromatic N) is 5. The van der Waals surface area contributed by atoms with Crippen molar-refractivity contribution < 1.29 is 18.0 Å². The molecule has 0 aliphatic heterocycles. The molecule has 0 amide bonds. The average molecular weight is 456 g/mol. The van der Waals surface area contributed by atoms with Crippen LogP contribution >= 0.6 is 0 Å². The summed E-state index contributed by atoms with van der Waals surface area (Å²) in [5, 5.41) is 15.7.